The Morgan fingerprint density at radius 2 is 2.06 bits per heavy atom. The van der Waals surface area contributed by atoms with Crippen LogP contribution in [-0.4, -0.2) is 32.1 Å². The SMILES string of the molecule is CCNC(=O)c1cc2c(-c3sc(C(C)(C)O)cc3Oc3c(C)ccnc3C)cn(C)c(=O)c2[nH]1. The number of pyridine rings is 2. The summed E-state index contributed by atoms with van der Waals surface area (Å²) in [4.78, 5) is 34.1. The maximum absolute atomic E-state index is 12.9. The molecule has 4 heterocycles. The molecule has 3 N–H and O–H groups in total. The lowest BCUT2D eigenvalue weighted by molar-refractivity contribution is 0.0824. The molecule has 0 aliphatic carbocycles. The van der Waals surface area contributed by atoms with Crippen LogP contribution in [0.3, 0.4) is 0 Å². The van der Waals surface area contributed by atoms with Gasteiger partial charge < -0.3 is 24.7 Å². The second-order valence-corrected chi connectivity index (χ2v) is 9.85. The average Bonchev–Trinajstić information content (AvgIpc) is 3.39. The largest absolute Gasteiger partial charge is 0.454 e. The second kappa shape index (κ2) is 8.73. The van der Waals surface area contributed by atoms with Crippen molar-refractivity contribution < 1.29 is 14.6 Å². The number of hydrogen-bond donors (Lipinski definition) is 3. The van der Waals surface area contributed by atoms with Crippen LogP contribution in [0, 0.1) is 13.8 Å². The van der Waals surface area contributed by atoms with Gasteiger partial charge in [0.25, 0.3) is 11.5 Å². The Labute approximate surface area is 201 Å². The molecule has 4 aromatic heterocycles. The Morgan fingerprint density at radius 1 is 1.32 bits per heavy atom. The van der Waals surface area contributed by atoms with Gasteiger partial charge in [-0.05, 0) is 58.4 Å². The smallest absolute Gasteiger partial charge is 0.274 e. The number of nitrogens with one attached hydrogen (secondary N) is 2. The summed E-state index contributed by atoms with van der Waals surface area (Å²) in [5.41, 5.74) is 1.70. The first-order valence-electron chi connectivity index (χ1n) is 11.0. The Balaban J connectivity index is 1.97. The minimum Gasteiger partial charge on any atom is -0.454 e. The lowest BCUT2D eigenvalue weighted by Gasteiger charge is -2.14. The normalized spacial score (nSPS) is 11.7. The minimum absolute atomic E-state index is 0.241. The number of aryl methyl sites for hydroxylation is 3. The highest BCUT2D eigenvalue weighted by molar-refractivity contribution is 7.16. The highest BCUT2D eigenvalue weighted by atomic mass is 32.1. The molecule has 9 heteroatoms. The molecule has 4 rings (SSSR count). The van der Waals surface area contributed by atoms with Crippen molar-refractivity contribution in [3.63, 3.8) is 0 Å². The molecule has 0 aliphatic rings. The van der Waals surface area contributed by atoms with Gasteiger partial charge in [0.05, 0.1) is 16.2 Å². The first-order valence-corrected chi connectivity index (χ1v) is 11.8. The zero-order chi connectivity index (χ0) is 24.8. The molecule has 1 amide bonds. The number of aromatic amines is 1. The molecule has 8 nitrogen and oxygen atoms in total. The Morgan fingerprint density at radius 3 is 2.71 bits per heavy atom. The van der Waals surface area contributed by atoms with E-state index >= 15 is 0 Å². The topological polar surface area (TPSA) is 109 Å². The third-order valence-electron chi connectivity index (χ3n) is 5.58. The van der Waals surface area contributed by atoms with Crippen molar-refractivity contribution in [2.24, 2.45) is 7.05 Å². The fraction of sp³-hybridized carbons (Fsp3) is 0.320. The number of carbonyl (C=O) groups is 1. The van der Waals surface area contributed by atoms with Crippen LogP contribution < -0.4 is 15.6 Å². The Hall–Kier alpha value is -3.43. The molecule has 34 heavy (non-hydrogen) atoms. The van der Waals surface area contributed by atoms with Crippen LogP contribution in [0.15, 0.2) is 35.4 Å². The van der Waals surface area contributed by atoms with E-state index in [1.807, 2.05) is 32.9 Å². The summed E-state index contributed by atoms with van der Waals surface area (Å²) < 4.78 is 7.85. The Bertz CT molecular complexity index is 1440. The van der Waals surface area contributed by atoms with E-state index in [0.717, 1.165) is 21.7 Å². The fourth-order valence-electron chi connectivity index (χ4n) is 3.78. The Kier molecular flexibility index (Phi) is 6.09. The number of rotatable bonds is 6. The van der Waals surface area contributed by atoms with E-state index in [1.165, 1.54) is 15.9 Å². The summed E-state index contributed by atoms with van der Waals surface area (Å²) in [7, 11) is 1.67. The first kappa shape index (κ1) is 23.7. The third kappa shape index (κ3) is 4.24. The quantitative estimate of drug-likeness (QED) is 0.380. The summed E-state index contributed by atoms with van der Waals surface area (Å²) in [5, 5.41) is 14.1. The highest BCUT2D eigenvalue weighted by Gasteiger charge is 2.26. The minimum atomic E-state index is -1.09. The van der Waals surface area contributed by atoms with Crippen LogP contribution in [0.4, 0.5) is 0 Å². The summed E-state index contributed by atoms with van der Waals surface area (Å²) >= 11 is 1.38. The van der Waals surface area contributed by atoms with Crippen LogP contribution in [-0.2, 0) is 12.6 Å². The molecule has 0 aromatic carbocycles. The van der Waals surface area contributed by atoms with Crippen molar-refractivity contribution in [3.05, 3.63) is 62.8 Å². The van der Waals surface area contributed by atoms with Gasteiger partial charge in [0.2, 0.25) is 0 Å². The van der Waals surface area contributed by atoms with Crippen LogP contribution in [0.2, 0.25) is 0 Å². The molecule has 178 valence electrons. The van der Waals surface area contributed by atoms with Crippen molar-refractivity contribution in [2.75, 3.05) is 6.54 Å². The third-order valence-corrected chi connectivity index (χ3v) is 7.05. The molecule has 0 saturated carbocycles. The number of hydrogen-bond acceptors (Lipinski definition) is 6. The van der Waals surface area contributed by atoms with Crippen molar-refractivity contribution in [1.29, 1.82) is 0 Å². The first-order chi connectivity index (χ1) is 16.0. The van der Waals surface area contributed by atoms with E-state index in [2.05, 4.69) is 15.3 Å². The van der Waals surface area contributed by atoms with Gasteiger partial charge in [-0.3, -0.25) is 14.6 Å². The van der Waals surface area contributed by atoms with E-state index in [4.69, 9.17) is 4.74 Å². The highest BCUT2D eigenvalue weighted by Crippen LogP contribution is 2.46. The summed E-state index contributed by atoms with van der Waals surface area (Å²) in [6.07, 6.45) is 3.46. The van der Waals surface area contributed by atoms with E-state index in [9.17, 15) is 14.7 Å². The molecule has 0 bridgehead atoms. The second-order valence-electron chi connectivity index (χ2n) is 8.80. The predicted molar refractivity (Wildman–Crippen MR) is 134 cm³/mol. The molecule has 0 spiro atoms. The van der Waals surface area contributed by atoms with Crippen LogP contribution in [0.1, 0.15) is 47.4 Å². The number of fused-ring (bicyclic) bond motifs is 1. The van der Waals surface area contributed by atoms with Gasteiger partial charge in [-0.1, -0.05) is 0 Å². The predicted octanol–water partition coefficient (Wildman–Crippen LogP) is 4.38. The maximum atomic E-state index is 12.9. The zero-order valence-corrected chi connectivity index (χ0v) is 20.9. The molecule has 0 saturated heterocycles. The molecule has 0 fully saturated rings. The van der Waals surface area contributed by atoms with Crippen molar-refractivity contribution in [3.8, 4) is 21.9 Å². The number of ether oxygens (including phenoxy) is 1. The summed E-state index contributed by atoms with van der Waals surface area (Å²) in [6, 6.07) is 5.38. The molecule has 0 unspecified atom stereocenters. The standard InChI is InChI=1S/C25H28N4O4S/c1-7-26-23(30)17-10-15-16(12-29(6)24(31)20(15)28-17)22-18(11-19(34-22)25(4,5)32)33-21-13(2)8-9-27-14(21)3/h8-12,28,32H,7H2,1-6H3,(H,26,30). The van der Waals surface area contributed by atoms with Crippen molar-refractivity contribution >= 4 is 28.1 Å². The molecule has 0 radical (unpaired) electrons. The van der Waals surface area contributed by atoms with Crippen molar-refractivity contribution in [2.45, 2.75) is 40.2 Å². The van der Waals surface area contributed by atoms with Gasteiger partial charge in [0.1, 0.15) is 17.0 Å². The number of carbonyl (C=O) groups excluding carboxylic acids is 1. The number of aliphatic hydroxyl groups is 1. The number of aromatic nitrogens is 3. The van der Waals surface area contributed by atoms with Gasteiger partial charge in [-0.15, -0.1) is 11.3 Å². The molecule has 0 atom stereocenters. The van der Waals surface area contributed by atoms with E-state index in [0.29, 0.717) is 39.5 Å². The molecular weight excluding hydrogens is 452 g/mol. The van der Waals surface area contributed by atoms with Gasteiger partial charge in [0, 0.05) is 41.8 Å². The summed E-state index contributed by atoms with van der Waals surface area (Å²) in [6.45, 7) is 9.56. The monoisotopic (exact) mass is 480 g/mol. The number of thiophene rings is 1. The fourth-order valence-corrected chi connectivity index (χ4v) is 4.89. The van der Waals surface area contributed by atoms with Crippen LogP contribution in [0.25, 0.3) is 21.3 Å². The zero-order valence-electron chi connectivity index (χ0n) is 20.1. The van der Waals surface area contributed by atoms with Gasteiger partial charge in [-0.25, -0.2) is 0 Å². The van der Waals surface area contributed by atoms with Gasteiger partial charge in [0.15, 0.2) is 5.75 Å². The number of H-pyrrole nitrogens is 1. The lowest BCUT2D eigenvalue weighted by Crippen LogP contribution is -2.23. The van der Waals surface area contributed by atoms with Crippen LogP contribution >= 0.6 is 11.3 Å². The van der Waals surface area contributed by atoms with Crippen LogP contribution in [0.5, 0.6) is 11.5 Å². The average molecular weight is 481 g/mol. The van der Waals surface area contributed by atoms with E-state index < -0.39 is 5.60 Å². The lowest BCUT2D eigenvalue weighted by atomic mass is 10.1. The van der Waals surface area contributed by atoms with Crippen molar-refractivity contribution in [1.82, 2.24) is 19.9 Å². The molecular formula is C25H28N4O4S. The van der Waals surface area contributed by atoms with E-state index in [1.54, 1.807) is 39.4 Å². The maximum Gasteiger partial charge on any atom is 0.274 e. The molecule has 4 aromatic rings. The number of amides is 1. The summed E-state index contributed by atoms with van der Waals surface area (Å²) in [5.74, 6) is 0.900. The molecule has 0 aliphatic heterocycles. The van der Waals surface area contributed by atoms with Gasteiger partial charge in [-0.2, -0.15) is 0 Å². The van der Waals surface area contributed by atoms with E-state index in [-0.39, 0.29) is 11.5 Å². The van der Waals surface area contributed by atoms with Gasteiger partial charge >= 0.3 is 0 Å². The number of nitrogens with zero attached hydrogens (tertiary/aromatic N) is 2.